The fourth-order valence-corrected chi connectivity index (χ4v) is 3.85. The highest BCUT2D eigenvalue weighted by molar-refractivity contribution is 7.84. The summed E-state index contributed by atoms with van der Waals surface area (Å²) in [4.78, 5) is 0. The van der Waals surface area contributed by atoms with Gasteiger partial charge in [-0.15, -0.1) is 0 Å². The van der Waals surface area contributed by atoms with Crippen LogP contribution < -0.4 is 0 Å². The van der Waals surface area contributed by atoms with Crippen molar-refractivity contribution in [1.82, 2.24) is 0 Å². The summed E-state index contributed by atoms with van der Waals surface area (Å²) < 4.78 is 12.3. The van der Waals surface area contributed by atoms with Crippen LogP contribution in [0.2, 0.25) is 0 Å². The molecule has 2 heteroatoms. The van der Waals surface area contributed by atoms with E-state index >= 15 is 0 Å². The molecular formula is C17H28OS. The van der Waals surface area contributed by atoms with Crippen molar-refractivity contribution >= 4 is 10.8 Å². The van der Waals surface area contributed by atoms with Gasteiger partial charge in [-0.3, -0.25) is 4.21 Å². The number of hydrogen-bond donors (Lipinski definition) is 0. The second-order valence-electron chi connectivity index (χ2n) is 6.29. The van der Waals surface area contributed by atoms with Gasteiger partial charge in [0.25, 0.3) is 0 Å². The van der Waals surface area contributed by atoms with Crippen molar-refractivity contribution in [3.63, 3.8) is 0 Å². The summed E-state index contributed by atoms with van der Waals surface area (Å²) in [6, 6.07) is 8.62. The predicted molar refractivity (Wildman–Crippen MR) is 86.0 cm³/mol. The molecule has 0 amide bonds. The number of hydrogen-bond acceptors (Lipinski definition) is 1. The Labute approximate surface area is 121 Å². The molecule has 1 aromatic rings. The summed E-state index contributed by atoms with van der Waals surface area (Å²) in [5.74, 6) is 0.697. The molecule has 1 rings (SSSR count). The van der Waals surface area contributed by atoms with Crippen molar-refractivity contribution in [2.24, 2.45) is 0 Å². The zero-order chi connectivity index (χ0) is 14.5. The van der Waals surface area contributed by atoms with E-state index in [0.717, 1.165) is 19.3 Å². The lowest BCUT2D eigenvalue weighted by Gasteiger charge is -2.19. The minimum atomic E-state index is -0.736. The van der Waals surface area contributed by atoms with Crippen LogP contribution in [0.5, 0.6) is 0 Å². The van der Waals surface area contributed by atoms with E-state index in [9.17, 15) is 4.21 Å². The molecule has 0 radical (unpaired) electrons. The van der Waals surface area contributed by atoms with Gasteiger partial charge in [0.05, 0.1) is 0 Å². The van der Waals surface area contributed by atoms with Crippen LogP contribution in [0.4, 0.5) is 0 Å². The predicted octanol–water partition coefficient (Wildman–Crippen LogP) is 4.81. The van der Waals surface area contributed by atoms with E-state index in [1.165, 1.54) is 11.1 Å². The standard InChI is InChI=1S/C17H28OS/c1-6-8-16(7-2)19(18)13-14-9-11-15(12-10-14)17(3,4)5/h9-12,16H,6-8,13H2,1-5H3. The number of benzene rings is 1. The van der Waals surface area contributed by atoms with E-state index in [0.29, 0.717) is 11.0 Å². The lowest BCUT2D eigenvalue weighted by molar-refractivity contribution is 0.590. The van der Waals surface area contributed by atoms with E-state index in [1.54, 1.807) is 0 Å². The summed E-state index contributed by atoms with van der Waals surface area (Å²) in [6.07, 6.45) is 3.21. The summed E-state index contributed by atoms with van der Waals surface area (Å²) in [7, 11) is -0.736. The minimum Gasteiger partial charge on any atom is -0.259 e. The van der Waals surface area contributed by atoms with Crippen molar-refractivity contribution in [2.75, 3.05) is 0 Å². The maximum atomic E-state index is 12.3. The normalized spacial score (nSPS) is 15.2. The Morgan fingerprint density at radius 2 is 1.68 bits per heavy atom. The molecule has 0 saturated carbocycles. The highest BCUT2D eigenvalue weighted by atomic mass is 32.2. The van der Waals surface area contributed by atoms with E-state index in [4.69, 9.17) is 0 Å². The molecule has 0 aromatic heterocycles. The molecule has 0 spiro atoms. The molecule has 0 aliphatic heterocycles. The third-order valence-electron chi connectivity index (χ3n) is 3.57. The van der Waals surface area contributed by atoms with Crippen molar-refractivity contribution in [2.45, 2.75) is 70.3 Å². The van der Waals surface area contributed by atoms with Gasteiger partial charge in [-0.1, -0.05) is 65.3 Å². The van der Waals surface area contributed by atoms with E-state index in [1.807, 2.05) is 0 Å². The molecule has 0 fully saturated rings. The first-order valence-corrected chi connectivity index (χ1v) is 8.73. The number of rotatable bonds is 6. The molecule has 0 heterocycles. The van der Waals surface area contributed by atoms with Crippen molar-refractivity contribution in [3.8, 4) is 0 Å². The smallest absolute Gasteiger partial charge is 0.0488 e. The zero-order valence-corrected chi connectivity index (χ0v) is 13.8. The summed E-state index contributed by atoms with van der Waals surface area (Å²) in [5, 5.41) is 0.354. The fourth-order valence-electron chi connectivity index (χ4n) is 2.23. The SMILES string of the molecule is CCCC(CC)S(=O)Cc1ccc(C(C)(C)C)cc1. The fraction of sp³-hybridized carbons (Fsp3) is 0.647. The Hall–Kier alpha value is -0.630. The van der Waals surface area contributed by atoms with Gasteiger partial charge in [0.15, 0.2) is 0 Å². The largest absolute Gasteiger partial charge is 0.259 e. The Balaban J connectivity index is 2.70. The maximum absolute atomic E-state index is 12.3. The van der Waals surface area contributed by atoms with E-state index in [2.05, 4.69) is 58.9 Å². The first kappa shape index (κ1) is 16.4. The van der Waals surface area contributed by atoms with Crippen molar-refractivity contribution in [3.05, 3.63) is 35.4 Å². The van der Waals surface area contributed by atoms with Gasteiger partial charge >= 0.3 is 0 Å². The molecule has 19 heavy (non-hydrogen) atoms. The quantitative estimate of drug-likeness (QED) is 0.730. The van der Waals surface area contributed by atoms with Crippen molar-refractivity contribution < 1.29 is 4.21 Å². The molecule has 2 unspecified atom stereocenters. The molecular weight excluding hydrogens is 252 g/mol. The monoisotopic (exact) mass is 280 g/mol. The second-order valence-corrected chi connectivity index (χ2v) is 8.01. The van der Waals surface area contributed by atoms with Crippen LogP contribution in [0.15, 0.2) is 24.3 Å². The summed E-state index contributed by atoms with van der Waals surface area (Å²) >= 11 is 0. The maximum Gasteiger partial charge on any atom is 0.0488 e. The molecule has 1 aromatic carbocycles. The van der Waals surface area contributed by atoms with Gasteiger partial charge in [-0.05, 0) is 29.4 Å². The van der Waals surface area contributed by atoms with Gasteiger partial charge in [-0.25, -0.2) is 0 Å². The molecule has 1 nitrogen and oxygen atoms in total. The van der Waals surface area contributed by atoms with Crippen LogP contribution in [0, 0.1) is 0 Å². The Morgan fingerprint density at radius 3 is 2.11 bits per heavy atom. The Morgan fingerprint density at radius 1 is 1.11 bits per heavy atom. The first-order valence-electron chi connectivity index (χ1n) is 7.35. The average molecular weight is 280 g/mol. The molecule has 0 saturated heterocycles. The third-order valence-corrected chi connectivity index (χ3v) is 5.50. The Bertz CT molecular complexity index is 400. The van der Waals surface area contributed by atoms with Crippen LogP contribution in [0.25, 0.3) is 0 Å². The molecule has 0 N–H and O–H groups in total. The lowest BCUT2D eigenvalue weighted by atomic mass is 9.87. The molecule has 2 atom stereocenters. The van der Waals surface area contributed by atoms with Crippen LogP contribution in [0.3, 0.4) is 0 Å². The van der Waals surface area contributed by atoms with Crippen LogP contribution in [0.1, 0.15) is 65.0 Å². The van der Waals surface area contributed by atoms with Crippen LogP contribution in [-0.4, -0.2) is 9.46 Å². The van der Waals surface area contributed by atoms with Gasteiger partial charge < -0.3 is 0 Å². The van der Waals surface area contributed by atoms with Gasteiger partial charge in [-0.2, -0.15) is 0 Å². The van der Waals surface area contributed by atoms with Gasteiger partial charge in [0.2, 0.25) is 0 Å². The molecule has 0 aliphatic rings. The summed E-state index contributed by atoms with van der Waals surface area (Å²) in [5.41, 5.74) is 2.72. The third kappa shape index (κ3) is 5.10. The Kier molecular flexibility index (Phi) is 6.25. The summed E-state index contributed by atoms with van der Waals surface area (Å²) in [6.45, 7) is 11.0. The van der Waals surface area contributed by atoms with E-state index < -0.39 is 10.8 Å². The molecule has 0 aliphatic carbocycles. The van der Waals surface area contributed by atoms with Gasteiger partial charge in [0, 0.05) is 21.8 Å². The van der Waals surface area contributed by atoms with E-state index in [-0.39, 0.29) is 5.41 Å². The van der Waals surface area contributed by atoms with Crippen LogP contribution >= 0.6 is 0 Å². The molecule has 0 bridgehead atoms. The molecule has 108 valence electrons. The van der Waals surface area contributed by atoms with Gasteiger partial charge in [0.1, 0.15) is 0 Å². The minimum absolute atomic E-state index is 0.186. The average Bonchev–Trinajstić information content (AvgIpc) is 2.35. The highest BCUT2D eigenvalue weighted by Crippen LogP contribution is 2.23. The van der Waals surface area contributed by atoms with Crippen LogP contribution in [-0.2, 0) is 22.0 Å². The van der Waals surface area contributed by atoms with Crippen molar-refractivity contribution in [1.29, 1.82) is 0 Å². The topological polar surface area (TPSA) is 17.1 Å². The lowest BCUT2D eigenvalue weighted by Crippen LogP contribution is -2.16. The first-order chi connectivity index (χ1) is 8.88. The highest BCUT2D eigenvalue weighted by Gasteiger charge is 2.16. The zero-order valence-electron chi connectivity index (χ0n) is 13.0. The second kappa shape index (κ2) is 7.23.